The van der Waals surface area contributed by atoms with E-state index >= 15 is 0 Å². The normalized spacial score (nSPS) is 16.2. The highest BCUT2D eigenvalue weighted by Gasteiger charge is 2.30. The molecule has 3 rings (SSSR count). The molecule has 0 saturated heterocycles. The van der Waals surface area contributed by atoms with Crippen molar-refractivity contribution in [2.45, 2.75) is 32.6 Å². The first-order chi connectivity index (χ1) is 9.17. The van der Waals surface area contributed by atoms with Crippen LogP contribution in [0.4, 0.5) is 11.4 Å². The van der Waals surface area contributed by atoms with Gasteiger partial charge in [0, 0.05) is 17.3 Å². The minimum absolute atomic E-state index is 0.437. The van der Waals surface area contributed by atoms with Crippen LogP contribution in [0.5, 0.6) is 0 Å². The lowest BCUT2D eigenvalue weighted by atomic mass is 9.89. The molecule has 0 saturated carbocycles. The van der Waals surface area contributed by atoms with Gasteiger partial charge in [-0.3, -0.25) is 0 Å². The average molecular weight is 252 g/mol. The van der Waals surface area contributed by atoms with Crippen LogP contribution >= 0.6 is 0 Å². The van der Waals surface area contributed by atoms with E-state index in [-0.39, 0.29) is 0 Å². The molecule has 1 aliphatic rings. The standard InChI is InChI=1S/C17H20N2/c1-3-11-15-9-10(18)5-6-13(15)14-7-8-16(19)12(4-2)17(11)14/h5-9,11H,3-4,18-19H2,1-2H3. The summed E-state index contributed by atoms with van der Waals surface area (Å²) in [7, 11) is 0. The Morgan fingerprint density at radius 1 is 1.00 bits per heavy atom. The van der Waals surface area contributed by atoms with E-state index in [9.17, 15) is 0 Å². The van der Waals surface area contributed by atoms with Gasteiger partial charge in [-0.05, 0) is 58.9 Å². The van der Waals surface area contributed by atoms with Crippen molar-refractivity contribution < 1.29 is 0 Å². The number of anilines is 2. The van der Waals surface area contributed by atoms with Crippen LogP contribution in [-0.4, -0.2) is 0 Å². The van der Waals surface area contributed by atoms with E-state index in [1.807, 2.05) is 12.1 Å². The van der Waals surface area contributed by atoms with Crippen LogP contribution in [0.2, 0.25) is 0 Å². The number of hydrogen-bond acceptors (Lipinski definition) is 2. The number of hydrogen-bond donors (Lipinski definition) is 2. The van der Waals surface area contributed by atoms with Gasteiger partial charge in [0.2, 0.25) is 0 Å². The van der Waals surface area contributed by atoms with Crippen molar-refractivity contribution >= 4 is 11.4 Å². The molecule has 2 heteroatoms. The van der Waals surface area contributed by atoms with E-state index in [4.69, 9.17) is 11.5 Å². The molecule has 0 aliphatic heterocycles. The van der Waals surface area contributed by atoms with Gasteiger partial charge in [0.15, 0.2) is 0 Å². The fourth-order valence-electron chi connectivity index (χ4n) is 3.40. The number of nitrogens with two attached hydrogens (primary N) is 2. The van der Waals surface area contributed by atoms with Gasteiger partial charge in [0.05, 0.1) is 0 Å². The Balaban J connectivity index is 2.32. The maximum Gasteiger partial charge on any atom is 0.0349 e. The second kappa shape index (κ2) is 4.30. The van der Waals surface area contributed by atoms with Crippen LogP contribution in [0.1, 0.15) is 42.9 Å². The average Bonchev–Trinajstić information content (AvgIpc) is 2.71. The molecule has 1 atom stereocenters. The summed E-state index contributed by atoms with van der Waals surface area (Å²) in [5.41, 5.74) is 20.6. The molecule has 1 unspecified atom stereocenters. The van der Waals surface area contributed by atoms with E-state index in [1.165, 1.54) is 27.8 Å². The lowest BCUT2D eigenvalue weighted by Gasteiger charge is -2.16. The second-order valence-corrected chi connectivity index (χ2v) is 5.26. The fraction of sp³-hybridized carbons (Fsp3) is 0.294. The Labute approximate surface area is 114 Å². The molecule has 0 bridgehead atoms. The summed E-state index contributed by atoms with van der Waals surface area (Å²) in [5, 5.41) is 0. The van der Waals surface area contributed by atoms with Gasteiger partial charge in [-0.2, -0.15) is 0 Å². The third-order valence-corrected chi connectivity index (χ3v) is 4.24. The van der Waals surface area contributed by atoms with Crippen molar-refractivity contribution in [2.24, 2.45) is 0 Å². The predicted octanol–water partition coefficient (Wildman–Crippen LogP) is 3.94. The molecule has 0 heterocycles. The predicted molar refractivity (Wildman–Crippen MR) is 82.2 cm³/mol. The monoisotopic (exact) mass is 252 g/mol. The van der Waals surface area contributed by atoms with E-state index < -0.39 is 0 Å². The van der Waals surface area contributed by atoms with Crippen LogP contribution < -0.4 is 11.5 Å². The van der Waals surface area contributed by atoms with Crippen molar-refractivity contribution in [1.82, 2.24) is 0 Å². The van der Waals surface area contributed by atoms with Gasteiger partial charge < -0.3 is 11.5 Å². The molecule has 0 radical (unpaired) electrons. The van der Waals surface area contributed by atoms with Crippen molar-refractivity contribution in [3.63, 3.8) is 0 Å². The van der Waals surface area contributed by atoms with Crippen LogP contribution in [0.3, 0.4) is 0 Å². The number of nitrogen functional groups attached to an aromatic ring is 2. The highest BCUT2D eigenvalue weighted by molar-refractivity contribution is 5.83. The second-order valence-electron chi connectivity index (χ2n) is 5.26. The van der Waals surface area contributed by atoms with Gasteiger partial charge in [-0.15, -0.1) is 0 Å². The molecular formula is C17H20N2. The Hall–Kier alpha value is -1.96. The summed E-state index contributed by atoms with van der Waals surface area (Å²) in [6.07, 6.45) is 2.06. The summed E-state index contributed by atoms with van der Waals surface area (Å²) < 4.78 is 0. The number of benzene rings is 2. The molecule has 0 aromatic heterocycles. The molecule has 0 fully saturated rings. The minimum atomic E-state index is 0.437. The fourth-order valence-corrected chi connectivity index (χ4v) is 3.40. The molecule has 2 aromatic carbocycles. The van der Waals surface area contributed by atoms with Crippen molar-refractivity contribution in [3.8, 4) is 11.1 Å². The number of fused-ring (bicyclic) bond motifs is 3. The maximum absolute atomic E-state index is 6.16. The molecule has 4 N–H and O–H groups in total. The Kier molecular flexibility index (Phi) is 2.74. The minimum Gasteiger partial charge on any atom is -0.399 e. The smallest absolute Gasteiger partial charge is 0.0349 e. The summed E-state index contributed by atoms with van der Waals surface area (Å²) in [5.74, 6) is 0.437. The summed E-state index contributed by atoms with van der Waals surface area (Å²) in [4.78, 5) is 0. The lowest BCUT2D eigenvalue weighted by Crippen LogP contribution is -2.03. The summed E-state index contributed by atoms with van der Waals surface area (Å²) in [6.45, 7) is 4.41. The van der Waals surface area contributed by atoms with E-state index in [2.05, 4.69) is 32.0 Å². The van der Waals surface area contributed by atoms with Gasteiger partial charge >= 0.3 is 0 Å². The van der Waals surface area contributed by atoms with Crippen molar-refractivity contribution in [3.05, 3.63) is 47.0 Å². The topological polar surface area (TPSA) is 52.0 Å². The quantitative estimate of drug-likeness (QED) is 0.795. The lowest BCUT2D eigenvalue weighted by molar-refractivity contribution is 0.786. The molecule has 0 amide bonds. The van der Waals surface area contributed by atoms with E-state index in [0.29, 0.717) is 5.92 Å². The van der Waals surface area contributed by atoms with Crippen LogP contribution in [0, 0.1) is 0 Å². The zero-order chi connectivity index (χ0) is 13.6. The Bertz CT molecular complexity index is 644. The van der Waals surface area contributed by atoms with Gasteiger partial charge in [-0.25, -0.2) is 0 Å². The highest BCUT2D eigenvalue weighted by atomic mass is 14.6. The van der Waals surface area contributed by atoms with Crippen molar-refractivity contribution in [2.75, 3.05) is 11.5 Å². The first kappa shape index (κ1) is 12.1. The van der Waals surface area contributed by atoms with Crippen LogP contribution in [0.15, 0.2) is 30.3 Å². The number of rotatable bonds is 2. The summed E-state index contributed by atoms with van der Waals surface area (Å²) >= 11 is 0. The maximum atomic E-state index is 6.16. The zero-order valence-corrected chi connectivity index (χ0v) is 11.5. The zero-order valence-electron chi connectivity index (χ0n) is 11.5. The first-order valence-corrected chi connectivity index (χ1v) is 6.98. The van der Waals surface area contributed by atoms with Gasteiger partial charge in [0.1, 0.15) is 0 Å². The third kappa shape index (κ3) is 1.63. The molecule has 1 aliphatic carbocycles. The third-order valence-electron chi connectivity index (χ3n) is 4.24. The largest absolute Gasteiger partial charge is 0.399 e. The van der Waals surface area contributed by atoms with Crippen LogP contribution in [-0.2, 0) is 6.42 Å². The molecule has 0 spiro atoms. The molecular weight excluding hydrogens is 232 g/mol. The van der Waals surface area contributed by atoms with Gasteiger partial charge in [0.25, 0.3) is 0 Å². The van der Waals surface area contributed by atoms with E-state index in [1.54, 1.807) is 0 Å². The molecule has 19 heavy (non-hydrogen) atoms. The highest BCUT2D eigenvalue weighted by Crippen LogP contribution is 2.49. The first-order valence-electron chi connectivity index (χ1n) is 6.98. The van der Waals surface area contributed by atoms with Crippen molar-refractivity contribution in [1.29, 1.82) is 0 Å². The van der Waals surface area contributed by atoms with E-state index in [0.717, 1.165) is 24.2 Å². The van der Waals surface area contributed by atoms with Crippen LogP contribution in [0.25, 0.3) is 11.1 Å². The van der Waals surface area contributed by atoms with Gasteiger partial charge in [-0.1, -0.05) is 26.0 Å². The Morgan fingerprint density at radius 3 is 2.42 bits per heavy atom. The molecule has 2 aromatic rings. The summed E-state index contributed by atoms with van der Waals surface area (Å²) in [6, 6.07) is 10.5. The molecule has 98 valence electrons. The molecule has 2 nitrogen and oxygen atoms in total. The SMILES string of the molecule is CCc1c(N)ccc2c1C(CC)c1cc(N)ccc1-2. The Morgan fingerprint density at radius 2 is 1.74 bits per heavy atom.